The molecule has 2 aromatic carbocycles. The zero-order chi connectivity index (χ0) is 22.9. The van der Waals surface area contributed by atoms with Crippen LogP contribution in [0.1, 0.15) is 29.1 Å². The van der Waals surface area contributed by atoms with Crippen LogP contribution in [-0.4, -0.2) is 17.2 Å². The lowest BCUT2D eigenvalue weighted by molar-refractivity contribution is 0.414. The number of benzene rings is 2. The van der Waals surface area contributed by atoms with Crippen molar-refractivity contribution in [3.05, 3.63) is 100 Å². The van der Waals surface area contributed by atoms with Crippen LogP contribution in [0.15, 0.2) is 87.9 Å². The molecule has 2 aromatic heterocycles. The van der Waals surface area contributed by atoms with Gasteiger partial charge in [-0.1, -0.05) is 28.1 Å². The van der Waals surface area contributed by atoms with Gasteiger partial charge in [-0.05, 0) is 85.4 Å². The van der Waals surface area contributed by atoms with E-state index in [0.29, 0.717) is 5.11 Å². The third-order valence-corrected chi connectivity index (χ3v) is 6.73. The maximum atomic E-state index is 6.45. The predicted molar refractivity (Wildman–Crippen MR) is 138 cm³/mol. The van der Waals surface area contributed by atoms with Gasteiger partial charge in [0.1, 0.15) is 23.3 Å². The molecular formula is C26H22BrN3O2S. The summed E-state index contributed by atoms with van der Waals surface area (Å²) in [7, 11) is 1.66. The quantitative estimate of drug-likeness (QED) is 0.300. The van der Waals surface area contributed by atoms with E-state index in [0.717, 1.165) is 38.7 Å². The number of furan rings is 1. The first-order chi connectivity index (χ1) is 16.0. The number of methoxy groups -OCH3 is 1. The number of hydrogen-bond acceptors (Lipinski definition) is 4. The zero-order valence-electron chi connectivity index (χ0n) is 18.2. The van der Waals surface area contributed by atoms with E-state index >= 15 is 0 Å². The highest BCUT2D eigenvalue weighted by atomic mass is 79.9. The van der Waals surface area contributed by atoms with Crippen LogP contribution in [0, 0.1) is 6.92 Å². The Bertz CT molecular complexity index is 1290. The minimum Gasteiger partial charge on any atom is -0.497 e. The summed E-state index contributed by atoms with van der Waals surface area (Å²) in [6, 6.07) is 23.6. The topological polar surface area (TPSA) is 50.5 Å². The molecule has 0 aliphatic carbocycles. The van der Waals surface area contributed by atoms with Crippen LogP contribution in [0.3, 0.4) is 0 Å². The SMILES string of the molecule is COc1ccc(N2C(=S)N[C@H](c3ccccn3)[C@H]2c2ccc(-c3ccc(C)cc3Br)o2)cc1. The van der Waals surface area contributed by atoms with Crippen LogP contribution in [0.5, 0.6) is 5.75 Å². The van der Waals surface area contributed by atoms with Gasteiger partial charge in [-0.2, -0.15) is 0 Å². The van der Waals surface area contributed by atoms with Gasteiger partial charge in [-0.15, -0.1) is 0 Å². The van der Waals surface area contributed by atoms with Crippen molar-refractivity contribution < 1.29 is 9.15 Å². The van der Waals surface area contributed by atoms with Crippen molar-refractivity contribution in [2.75, 3.05) is 12.0 Å². The van der Waals surface area contributed by atoms with Gasteiger partial charge < -0.3 is 19.4 Å². The Balaban J connectivity index is 1.59. The van der Waals surface area contributed by atoms with Crippen LogP contribution >= 0.6 is 28.1 Å². The average molecular weight is 520 g/mol. The minimum atomic E-state index is -0.209. The van der Waals surface area contributed by atoms with Gasteiger partial charge in [0.05, 0.1) is 18.8 Å². The number of thiocarbonyl (C=S) groups is 1. The van der Waals surface area contributed by atoms with Gasteiger partial charge in [0.25, 0.3) is 0 Å². The molecule has 0 unspecified atom stereocenters. The number of aryl methyl sites for hydroxylation is 1. The maximum absolute atomic E-state index is 6.45. The molecule has 5 nitrogen and oxygen atoms in total. The summed E-state index contributed by atoms with van der Waals surface area (Å²) in [6.45, 7) is 2.07. The van der Waals surface area contributed by atoms with E-state index in [2.05, 4.69) is 56.3 Å². The number of rotatable bonds is 5. The fourth-order valence-electron chi connectivity index (χ4n) is 4.14. The Hall–Kier alpha value is -3.16. The summed E-state index contributed by atoms with van der Waals surface area (Å²) in [5.74, 6) is 2.39. The fraction of sp³-hybridized carbons (Fsp3) is 0.154. The van der Waals surface area contributed by atoms with Gasteiger partial charge >= 0.3 is 0 Å². The van der Waals surface area contributed by atoms with E-state index in [1.165, 1.54) is 5.56 Å². The summed E-state index contributed by atoms with van der Waals surface area (Å²) >= 11 is 9.45. The van der Waals surface area contributed by atoms with Crippen molar-refractivity contribution in [3.8, 4) is 17.1 Å². The summed E-state index contributed by atoms with van der Waals surface area (Å²) in [5, 5.41) is 4.08. The third-order valence-electron chi connectivity index (χ3n) is 5.76. The van der Waals surface area contributed by atoms with Gasteiger partial charge in [0.2, 0.25) is 0 Å². The Morgan fingerprint density at radius 3 is 2.58 bits per heavy atom. The second-order valence-corrected chi connectivity index (χ2v) is 9.12. The van der Waals surface area contributed by atoms with Crippen molar-refractivity contribution in [2.45, 2.75) is 19.0 Å². The molecule has 5 rings (SSSR count). The predicted octanol–water partition coefficient (Wildman–Crippen LogP) is 6.60. The minimum absolute atomic E-state index is 0.165. The van der Waals surface area contributed by atoms with E-state index in [4.69, 9.17) is 21.4 Å². The molecule has 0 radical (unpaired) electrons. The normalized spacial score (nSPS) is 17.8. The van der Waals surface area contributed by atoms with Gasteiger partial charge in [0.15, 0.2) is 5.11 Å². The molecule has 7 heteroatoms. The van der Waals surface area contributed by atoms with Gasteiger partial charge in [0, 0.05) is 21.9 Å². The molecule has 0 bridgehead atoms. The Labute approximate surface area is 206 Å². The van der Waals surface area contributed by atoms with Crippen LogP contribution < -0.4 is 15.0 Å². The summed E-state index contributed by atoms with van der Waals surface area (Å²) in [4.78, 5) is 6.68. The molecule has 0 spiro atoms. The zero-order valence-corrected chi connectivity index (χ0v) is 20.6. The largest absolute Gasteiger partial charge is 0.497 e. The van der Waals surface area contributed by atoms with Crippen molar-refractivity contribution in [2.24, 2.45) is 0 Å². The molecule has 0 amide bonds. The molecule has 1 fully saturated rings. The number of hydrogen-bond donors (Lipinski definition) is 1. The molecule has 1 aliphatic heterocycles. The van der Waals surface area contributed by atoms with E-state index in [-0.39, 0.29) is 12.1 Å². The van der Waals surface area contributed by atoms with Crippen molar-refractivity contribution in [1.29, 1.82) is 0 Å². The molecule has 1 aliphatic rings. The van der Waals surface area contributed by atoms with Crippen LogP contribution in [0.4, 0.5) is 5.69 Å². The molecule has 0 saturated carbocycles. The monoisotopic (exact) mass is 519 g/mol. The first kappa shape index (κ1) is 21.7. The summed E-state index contributed by atoms with van der Waals surface area (Å²) in [5.41, 5.74) is 4.04. The summed E-state index contributed by atoms with van der Waals surface area (Å²) < 4.78 is 12.8. The van der Waals surface area contributed by atoms with Crippen molar-refractivity contribution in [3.63, 3.8) is 0 Å². The molecule has 33 heavy (non-hydrogen) atoms. The number of ether oxygens (including phenoxy) is 1. The Kier molecular flexibility index (Phi) is 5.91. The number of nitrogens with zero attached hydrogens (tertiary/aromatic N) is 2. The van der Waals surface area contributed by atoms with Crippen LogP contribution in [-0.2, 0) is 0 Å². The van der Waals surface area contributed by atoms with Gasteiger partial charge in [-0.25, -0.2) is 0 Å². The number of aromatic nitrogens is 1. The van der Waals surface area contributed by atoms with Gasteiger partial charge in [-0.3, -0.25) is 4.98 Å². The van der Waals surface area contributed by atoms with E-state index in [1.54, 1.807) is 13.3 Å². The number of pyridine rings is 1. The van der Waals surface area contributed by atoms with E-state index in [1.807, 2.05) is 54.6 Å². The second-order valence-electron chi connectivity index (χ2n) is 7.88. The smallest absolute Gasteiger partial charge is 0.174 e. The number of halogens is 1. The standard InChI is InChI=1S/C26H22BrN3O2S/c1-16-6-11-19(20(27)15-16)22-12-13-23(32-22)25-24(21-5-3-4-14-28-21)29-26(33)30(25)17-7-9-18(31-2)10-8-17/h3-15,24-25H,1-2H3,(H,29,33)/t24-,25-/m1/s1. The molecule has 1 saturated heterocycles. The lowest BCUT2D eigenvalue weighted by Gasteiger charge is -2.26. The Morgan fingerprint density at radius 1 is 1.06 bits per heavy atom. The maximum Gasteiger partial charge on any atom is 0.174 e. The highest BCUT2D eigenvalue weighted by molar-refractivity contribution is 9.10. The first-order valence-corrected chi connectivity index (χ1v) is 11.8. The van der Waals surface area contributed by atoms with E-state index in [9.17, 15) is 0 Å². The molecular weight excluding hydrogens is 498 g/mol. The first-order valence-electron chi connectivity index (χ1n) is 10.6. The third kappa shape index (κ3) is 4.14. The van der Waals surface area contributed by atoms with Crippen LogP contribution in [0.2, 0.25) is 0 Å². The molecule has 3 heterocycles. The van der Waals surface area contributed by atoms with E-state index < -0.39 is 0 Å². The van der Waals surface area contributed by atoms with Crippen molar-refractivity contribution >= 4 is 38.9 Å². The number of anilines is 1. The highest BCUT2D eigenvalue weighted by Gasteiger charge is 2.42. The second kappa shape index (κ2) is 9.00. The lowest BCUT2D eigenvalue weighted by Crippen LogP contribution is -2.29. The Morgan fingerprint density at radius 2 is 1.88 bits per heavy atom. The highest BCUT2D eigenvalue weighted by Crippen LogP contribution is 2.43. The molecule has 2 atom stereocenters. The molecule has 4 aromatic rings. The number of nitrogens with one attached hydrogen (secondary N) is 1. The molecule has 166 valence electrons. The van der Waals surface area contributed by atoms with Crippen molar-refractivity contribution in [1.82, 2.24) is 10.3 Å². The van der Waals surface area contributed by atoms with Crippen LogP contribution in [0.25, 0.3) is 11.3 Å². The average Bonchev–Trinajstić information content (AvgIpc) is 3.44. The summed E-state index contributed by atoms with van der Waals surface area (Å²) in [6.07, 6.45) is 1.80. The fourth-order valence-corrected chi connectivity index (χ4v) is 5.18. The lowest BCUT2D eigenvalue weighted by atomic mass is 10.0. The molecule has 1 N–H and O–H groups in total.